The smallest absolute Gasteiger partial charge is 0.309 e. The summed E-state index contributed by atoms with van der Waals surface area (Å²) >= 11 is 0. The summed E-state index contributed by atoms with van der Waals surface area (Å²) in [6.07, 6.45) is 19.1. The van der Waals surface area contributed by atoms with Gasteiger partial charge in [0.1, 0.15) is 0 Å². The lowest BCUT2D eigenvalue weighted by molar-refractivity contribution is -0.151. The van der Waals surface area contributed by atoms with E-state index in [0.29, 0.717) is 0 Å². The topological polar surface area (TPSA) is 74.6 Å². The molecule has 4 nitrogen and oxygen atoms in total. The average molecular weight is 455 g/mol. The van der Waals surface area contributed by atoms with Crippen molar-refractivity contribution in [3.8, 4) is 0 Å². The molecule has 0 aliphatic carbocycles. The van der Waals surface area contributed by atoms with E-state index in [2.05, 4.69) is 27.7 Å². The van der Waals surface area contributed by atoms with E-state index in [9.17, 15) is 14.7 Å². The Balaban J connectivity index is 4.54. The molecule has 0 atom stereocenters. The van der Waals surface area contributed by atoms with Gasteiger partial charge in [0.2, 0.25) is 0 Å². The molecule has 32 heavy (non-hydrogen) atoms. The second kappa shape index (κ2) is 19.4. The van der Waals surface area contributed by atoms with Crippen LogP contribution in [0.15, 0.2) is 0 Å². The minimum Gasteiger partial charge on any atom is -0.481 e. The Bertz CT molecular complexity index is 450. The van der Waals surface area contributed by atoms with Gasteiger partial charge in [-0.15, -0.1) is 0 Å². The molecule has 0 saturated carbocycles. The maximum Gasteiger partial charge on any atom is 0.309 e. The highest BCUT2D eigenvalue weighted by molar-refractivity contribution is 5.74. The molecule has 2 N–H and O–H groups in total. The summed E-state index contributed by atoms with van der Waals surface area (Å²) in [7, 11) is 0. The van der Waals surface area contributed by atoms with Crippen molar-refractivity contribution in [2.75, 3.05) is 0 Å². The third-order valence-electron chi connectivity index (χ3n) is 6.87. The highest BCUT2D eigenvalue weighted by Crippen LogP contribution is 2.38. The fourth-order valence-corrected chi connectivity index (χ4v) is 4.70. The molecule has 0 aromatic carbocycles. The largest absolute Gasteiger partial charge is 0.481 e. The Morgan fingerprint density at radius 2 is 0.906 bits per heavy atom. The maximum absolute atomic E-state index is 12.4. The predicted octanol–water partition coefficient (Wildman–Crippen LogP) is 8.87. The molecule has 0 aromatic heterocycles. The van der Waals surface area contributed by atoms with Gasteiger partial charge >= 0.3 is 11.9 Å². The molecule has 0 fully saturated rings. The van der Waals surface area contributed by atoms with Crippen LogP contribution in [-0.4, -0.2) is 22.2 Å². The highest BCUT2D eigenvalue weighted by atomic mass is 16.4. The first-order valence-corrected chi connectivity index (χ1v) is 13.6. The van der Waals surface area contributed by atoms with Gasteiger partial charge in [0, 0.05) is 6.42 Å². The number of carboxylic acid groups (broad SMARTS) is 2. The summed E-state index contributed by atoms with van der Waals surface area (Å²) < 4.78 is 0. The van der Waals surface area contributed by atoms with E-state index in [4.69, 9.17) is 5.11 Å². The molecular formula is C28H54O4. The van der Waals surface area contributed by atoms with Gasteiger partial charge < -0.3 is 10.2 Å². The fraction of sp³-hybridized carbons (Fsp3) is 0.929. The highest BCUT2D eigenvalue weighted by Gasteiger charge is 2.36. The van der Waals surface area contributed by atoms with Crippen molar-refractivity contribution in [3.05, 3.63) is 0 Å². The summed E-state index contributed by atoms with van der Waals surface area (Å²) in [5.74, 6) is 0.183. The number of unbranched alkanes of at least 4 members (excludes halogenated alkanes) is 10. The number of carbonyl (C=O) groups is 2. The normalized spacial score (nSPS) is 12.1. The van der Waals surface area contributed by atoms with E-state index in [-0.39, 0.29) is 6.42 Å². The van der Waals surface area contributed by atoms with Gasteiger partial charge in [0.05, 0.1) is 5.41 Å². The van der Waals surface area contributed by atoms with Crippen molar-refractivity contribution in [3.63, 3.8) is 0 Å². The number of aliphatic carboxylic acids is 2. The van der Waals surface area contributed by atoms with Crippen LogP contribution in [0.3, 0.4) is 0 Å². The molecule has 0 unspecified atom stereocenters. The van der Waals surface area contributed by atoms with Gasteiger partial charge in [-0.25, -0.2) is 0 Å². The molecule has 0 heterocycles. The lowest BCUT2D eigenvalue weighted by Gasteiger charge is -2.30. The number of carboxylic acids is 2. The lowest BCUT2D eigenvalue weighted by atomic mass is 9.74. The van der Waals surface area contributed by atoms with Crippen LogP contribution in [0.4, 0.5) is 0 Å². The van der Waals surface area contributed by atoms with E-state index in [0.717, 1.165) is 88.9 Å². The molecule has 0 radical (unpaired) electrons. The molecule has 0 aliphatic heterocycles. The zero-order valence-corrected chi connectivity index (χ0v) is 21.8. The molecule has 0 amide bonds. The Hall–Kier alpha value is -1.06. The van der Waals surface area contributed by atoms with E-state index in [1.54, 1.807) is 0 Å². The van der Waals surface area contributed by atoms with E-state index in [1.165, 1.54) is 38.5 Å². The first kappa shape index (κ1) is 30.9. The molecule has 0 spiro atoms. The van der Waals surface area contributed by atoms with Crippen molar-refractivity contribution in [2.45, 2.75) is 150 Å². The quantitative estimate of drug-likeness (QED) is 0.151. The molecule has 0 rings (SSSR count). The Morgan fingerprint density at radius 1 is 0.562 bits per heavy atom. The number of hydrogen-bond donors (Lipinski definition) is 2. The molecule has 4 heteroatoms. The zero-order chi connectivity index (χ0) is 24.2. The van der Waals surface area contributed by atoms with Crippen LogP contribution in [-0.2, 0) is 9.59 Å². The first-order chi connectivity index (χ1) is 15.2. The Labute approximate surface area is 199 Å². The third kappa shape index (κ3) is 17.5. The summed E-state index contributed by atoms with van der Waals surface area (Å²) in [5.41, 5.74) is -0.558. The van der Waals surface area contributed by atoms with Gasteiger partial charge in [0.25, 0.3) is 0 Å². The van der Waals surface area contributed by atoms with Crippen molar-refractivity contribution in [2.24, 2.45) is 17.3 Å². The van der Waals surface area contributed by atoms with E-state index < -0.39 is 17.4 Å². The van der Waals surface area contributed by atoms with Crippen LogP contribution in [0.2, 0.25) is 0 Å². The van der Waals surface area contributed by atoms with E-state index >= 15 is 0 Å². The third-order valence-corrected chi connectivity index (χ3v) is 6.87. The van der Waals surface area contributed by atoms with Crippen LogP contribution in [0.25, 0.3) is 0 Å². The van der Waals surface area contributed by atoms with Crippen LogP contribution in [0, 0.1) is 17.3 Å². The molecule has 0 aromatic rings. The van der Waals surface area contributed by atoms with Crippen LogP contribution < -0.4 is 0 Å². The monoisotopic (exact) mass is 454 g/mol. The summed E-state index contributed by atoms with van der Waals surface area (Å²) in [4.78, 5) is 23.0. The molecule has 0 aliphatic rings. The SMILES string of the molecule is CC(C)CCCCCCC(CCCCCCCC(=O)O)(CCCCCCC(C)C)C(=O)O. The average Bonchev–Trinajstić information content (AvgIpc) is 2.70. The lowest BCUT2D eigenvalue weighted by Crippen LogP contribution is -2.31. The second-order valence-corrected chi connectivity index (χ2v) is 10.9. The first-order valence-electron chi connectivity index (χ1n) is 13.6. The Morgan fingerprint density at radius 3 is 1.25 bits per heavy atom. The number of hydrogen-bond acceptors (Lipinski definition) is 2. The molecule has 0 bridgehead atoms. The minimum absolute atomic E-state index is 0.243. The van der Waals surface area contributed by atoms with Crippen LogP contribution in [0.1, 0.15) is 150 Å². The maximum atomic E-state index is 12.4. The predicted molar refractivity (Wildman–Crippen MR) is 135 cm³/mol. The minimum atomic E-state index is -0.725. The zero-order valence-electron chi connectivity index (χ0n) is 21.8. The van der Waals surface area contributed by atoms with Gasteiger partial charge in [0.15, 0.2) is 0 Å². The van der Waals surface area contributed by atoms with Gasteiger partial charge in [-0.3, -0.25) is 9.59 Å². The fourth-order valence-electron chi connectivity index (χ4n) is 4.70. The standard InChI is InChI=1S/C28H54O4/c1-24(2)18-12-7-10-16-22-28(27(31)32,23-17-11-8-13-19-25(3)4)21-15-9-5-6-14-20-26(29)30/h24-25H,5-23H2,1-4H3,(H,29,30)(H,31,32). The summed E-state index contributed by atoms with van der Waals surface area (Å²) in [6.45, 7) is 9.05. The summed E-state index contributed by atoms with van der Waals surface area (Å²) in [6, 6.07) is 0. The van der Waals surface area contributed by atoms with E-state index in [1.807, 2.05) is 0 Å². The van der Waals surface area contributed by atoms with Crippen LogP contribution in [0.5, 0.6) is 0 Å². The van der Waals surface area contributed by atoms with Gasteiger partial charge in [-0.05, 0) is 37.5 Å². The summed E-state index contributed by atoms with van der Waals surface area (Å²) in [5, 5.41) is 19.0. The van der Waals surface area contributed by atoms with Gasteiger partial charge in [-0.2, -0.15) is 0 Å². The molecular weight excluding hydrogens is 400 g/mol. The number of rotatable bonds is 23. The second-order valence-electron chi connectivity index (χ2n) is 10.9. The molecule has 0 saturated heterocycles. The van der Waals surface area contributed by atoms with Crippen molar-refractivity contribution < 1.29 is 19.8 Å². The van der Waals surface area contributed by atoms with Crippen molar-refractivity contribution in [1.29, 1.82) is 0 Å². The van der Waals surface area contributed by atoms with Crippen molar-refractivity contribution in [1.82, 2.24) is 0 Å². The van der Waals surface area contributed by atoms with Crippen LogP contribution >= 0.6 is 0 Å². The Kier molecular flexibility index (Phi) is 18.8. The van der Waals surface area contributed by atoms with Crippen molar-refractivity contribution >= 4 is 11.9 Å². The molecule has 190 valence electrons. The van der Waals surface area contributed by atoms with Gasteiger partial charge in [-0.1, -0.05) is 118 Å².